The Hall–Kier alpha value is -1.99. The largest absolute Gasteiger partial charge is 0.238 e. The van der Waals surface area contributed by atoms with Gasteiger partial charge in [-0.3, -0.25) is 0 Å². The van der Waals surface area contributed by atoms with Crippen LogP contribution in [0.2, 0.25) is 0 Å². The van der Waals surface area contributed by atoms with Crippen molar-refractivity contribution in [1.82, 2.24) is 0 Å². The third kappa shape index (κ3) is 2.31. The Balaban J connectivity index is 2.05. The number of hydrogen-bond acceptors (Lipinski definition) is 0. The van der Waals surface area contributed by atoms with Crippen molar-refractivity contribution < 1.29 is 0 Å². The maximum atomic E-state index is 2.26. The Kier molecular flexibility index (Phi) is 3.16. The smallest absolute Gasteiger partial charge is 0.0622 e. The topological polar surface area (TPSA) is 0 Å². The van der Waals surface area contributed by atoms with Crippen LogP contribution in [0.3, 0.4) is 0 Å². The minimum absolute atomic E-state index is 1.27. The van der Waals surface area contributed by atoms with Gasteiger partial charge in [-0.05, 0) is 23.3 Å². The Labute approximate surface area is 111 Å². The van der Waals surface area contributed by atoms with Gasteiger partial charge in [-0.1, -0.05) is 48.5 Å². The van der Waals surface area contributed by atoms with Crippen molar-refractivity contribution in [1.29, 1.82) is 0 Å². The minimum Gasteiger partial charge on any atom is -0.0622 e. The van der Waals surface area contributed by atoms with Crippen molar-refractivity contribution in [3.8, 4) is 21.6 Å². The van der Waals surface area contributed by atoms with Crippen LogP contribution in [-0.4, -0.2) is 0 Å². The lowest BCUT2D eigenvalue weighted by molar-refractivity contribution is 1.64. The molecule has 0 aliphatic heterocycles. The number of benzene rings is 2. The third-order valence-electron chi connectivity index (χ3n) is 2.89. The van der Waals surface area contributed by atoms with Crippen molar-refractivity contribution in [2.24, 2.45) is 0 Å². The lowest BCUT2D eigenvalue weighted by Crippen LogP contribution is -1.78. The van der Waals surface area contributed by atoms with E-state index in [1.54, 1.807) is 11.3 Å². The summed E-state index contributed by atoms with van der Waals surface area (Å²) in [5.41, 5.74) is 3.82. The van der Waals surface area contributed by atoms with E-state index in [9.17, 15) is 0 Å². The van der Waals surface area contributed by atoms with Gasteiger partial charge in [-0.2, -0.15) is 0 Å². The quantitative estimate of drug-likeness (QED) is 0.536. The summed E-state index contributed by atoms with van der Waals surface area (Å²) < 4.78 is 0. The molecule has 3 rings (SSSR count). The molecule has 0 bridgehead atoms. The first-order valence-electron chi connectivity index (χ1n) is 5.96. The van der Waals surface area contributed by atoms with Gasteiger partial charge in [-0.25, -0.2) is 0 Å². The molecule has 0 saturated heterocycles. The molecule has 0 amide bonds. The number of hydrogen-bond donors (Lipinski definition) is 0. The molecule has 1 aromatic heterocycles. The van der Waals surface area contributed by atoms with E-state index < -0.39 is 0 Å². The molecule has 0 aliphatic carbocycles. The zero-order valence-corrected chi connectivity index (χ0v) is 10.7. The predicted octanol–water partition coefficient (Wildman–Crippen LogP) is 5.36. The summed E-state index contributed by atoms with van der Waals surface area (Å²) in [6, 6.07) is 25.4. The van der Waals surface area contributed by atoms with E-state index in [0.717, 1.165) is 0 Å². The fourth-order valence-corrected chi connectivity index (χ4v) is 2.80. The summed E-state index contributed by atoms with van der Waals surface area (Å²) in [5.74, 6) is 0. The fourth-order valence-electron chi connectivity index (χ4n) is 1.97. The van der Waals surface area contributed by atoms with Crippen LogP contribution in [0.25, 0.3) is 21.6 Å². The van der Waals surface area contributed by atoms with E-state index >= 15 is 0 Å². The molecule has 18 heavy (non-hydrogen) atoms. The molecular weight excluding hydrogens is 236 g/mol. The van der Waals surface area contributed by atoms with E-state index in [0.29, 0.717) is 0 Å². The zero-order valence-electron chi connectivity index (χ0n) is 9.91. The third-order valence-corrected chi connectivity index (χ3v) is 3.77. The molecule has 0 radical (unpaired) electrons. The number of rotatable bonds is 2. The summed E-state index contributed by atoms with van der Waals surface area (Å²) >= 11 is 1.77. The second kappa shape index (κ2) is 5.11. The molecule has 3 aromatic rings. The molecule has 0 unspecified atom stereocenters. The van der Waals surface area contributed by atoms with Crippen LogP contribution >= 0.6 is 11.3 Å². The molecule has 0 nitrogen and oxygen atoms in total. The van der Waals surface area contributed by atoms with Crippen LogP contribution in [0.4, 0.5) is 0 Å². The van der Waals surface area contributed by atoms with Crippen LogP contribution < -0.4 is 0 Å². The highest BCUT2D eigenvalue weighted by atomic mass is 32.1. The summed E-state index contributed by atoms with van der Waals surface area (Å²) in [5, 5.41) is 2.16. The van der Waals surface area contributed by atoms with Crippen LogP contribution in [-0.2, 0) is 0 Å². The molecule has 0 N–H and O–H groups in total. The maximum absolute atomic E-state index is 2.26. The Morgan fingerprint density at radius 3 is 1.83 bits per heavy atom. The van der Waals surface area contributed by atoms with E-state index in [1.165, 1.54) is 21.6 Å². The highest BCUT2D eigenvalue weighted by molar-refractivity contribution is 7.13. The Bertz CT molecular complexity index is 575. The van der Waals surface area contributed by atoms with Crippen molar-refractivity contribution in [2.45, 2.75) is 0 Å². The van der Waals surface area contributed by atoms with Crippen molar-refractivity contribution in [2.75, 3.05) is 0 Å². The first-order valence-corrected chi connectivity index (χ1v) is 6.84. The molecule has 1 heterocycles. The summed E-state index contributed by atoms with van der Waals surface area (Å²) in [7, 11) is 0. The Morgan fingerprint density at radius 1 is 0.556 bits per heavy atom. The van der Waals surface area contributed by atoms with Crippen LogP contribution in [0.15, 0.2) is 78.2 Å². The molecule has 0 saturated carbocycles. The van der Waals surface area contributed by atoms with Crippen LogP contribution in [0.1, 0.15) is 0 Å². The normalized spacial score (nSPS) is 10.2. The van der Waals surface area contributed by atoms with Gasteiger partial charge in [0, 0.05) is 17.7 Å². The first kappa shape index (κ1) is 11.1. The van der Waals surface area contributed by atoms with Gasteiger partial charge in [0.2, 0.25) is 16.2 Å². The lowest BCUT2D eigenvalue weighted by atomic mass is 10.1. The second-order valence-electron chi connectivity index (χ2n) is 4.12. The van der Waals surface area contributed by atoms with Gasteiger partial charge in [0.15, 0.2) is 5.38 Å². The fraction of sp³-hybridized carbons (Fsp3) is 0. The van der Waals surface area contributed by atoms with Gasteiger partial charge < -0.3 is 0 Å². The van der Waals surface area contributed by atoms with E-state index in [-0.39, 0.29) is 0 Å². The summed E-state index contributed by atoms with van der Waals surface area (Å²) in [6.07, 6.45) is 0. The monoisotopic (exact) mass is 249 g/mol. The molecule has 0 spiro atoms. The molecular formula is C17H13S+. The van der Waals surface area contributed by atoms with Gasteiger partial charge in [0.25, 0.3) is 0 Å². The van der Waals surface area contributed by atoms with Gasteiger partial charge in [0.1, 0.15) is 0 Å². The molecule has 86 valence electrons. The molecule has 0 atom stereocenters. The highest BCUT2D eigenvalue weighted by Crippen LogP contribution is 2.29. The SMILES string of the molecule is c1ccc(-c2cc[s+]c(-c3ccccc3)c2)cc1. The summed E-state index contributed by atoms with van der Waals surface area (Å²) in [4.78, 5) is 1.30. The Morgan fingerprint density at radius 2 is 1.17 bits per heavy atom. The average Bonchev–Trinajstić information content (AvgIpc) is 2.49. The van der Waals surface area contributed by atoms with Gasteiger partial charge in [-0.15, -0.1) is 0 Å². The van der Waals surface area contributed by atoms with E-state index in [2.05, 4.69) is 72.1 Å². The molecule has 2 aromatic carbocycles. The molecule has 1 heteroatoms. The van der Waals surface area contributed by atoms with Gasteiger partial charge in [0.05, 0.1) is 0 Å². The average molecular weight is 249 g/mol. The molecule has 0 aliphatic rings. The minimum atomic E-state index is 1.27. The van der Waals surface area contributed by atoms with E-state index in [4.69, 9.17) is 0 Å². The predicted molar refractivity (Wildman–Crippen MR) is 79.6 cm³/mol. The van der Waals surface area contributed by atoms with Crippen molar-refractivity contribution in [3.63, 3.8) is 0 Å². The van der Waals surface area contributed by atoms with Crippen molar-refractivity contribution >= 4 is 11.3 Å². The summed E-state index contributed by atoms with van der Waals surface area (Å²) in [6.45, 7) is 0. The lowest BCUT2D eigenvalue weighted by Gasteiger charge is -1.99. The highest BCUT2D eigenvalue weighted by Gasteiger charge is 2.10. The van der Waals surface area contributed by atoms with Gasteiger partial charge >= 0.3 is 0 Å². The van der Waals surface area contributed by atoms with Crippen LogP contribution in [0.5, 0.6) is 0 Å². The van der Waals surface area contributed by atoms with Crippen LogP contribution in [0, 0.1) is 0 Å². The van der Waals surface area contributed by atoms with E-state index in [1.807, 2.05) is 6.07 Å². The maximum Gasteiger partial charge on any atom is 0.238 e. The first-order chi connectivity index (χ1) is 8.93. The van der Waals surface area contributed by atoms with Crippen molar-refractivity contribution in [3.05, 3.63) is 78.2 Å². The molecule has 0 fully saturated rings. The standard InChI is InChI=1S/C17H13S/c1-3-7-14(8-4-1)16-11-12-18-17(13-16)15-9-5-2-6-10-15/h1-13H/q+1. The zero-order chi connectivity index (χ0) is 12.2. The second-order valence-corrected chi connectivity index (χ2v) is 5.06.